The van der Waals surface area contributed by atoms with Gasteiger partial charge in [0.15, 0.2) is 0 Å². The van der Waals surface area contributed by atoms with E-state index in [0.29, 0.717) is 0 Å². The van der Waals surface area contributed by atoms with Crippen molar-refractivity contribution in [3.05, 3.63) is 59.7 Å². The molecule has 2 aromatic rings. The van der Waals surface area contributed by atoms with Gasteiger partial charge < -0.3 is 20.1 Å². The minimum absolute atomic E-state index is 0.00375. The summed E-state index contributed by atoms with van der Waals surface area (Å²) in [6.45, 7) is -0.116. The SMILES string of the molecule is O=C(O)CC(NC(=O)OCC1c2ccccc2-c2ccccc21)C(=O)N1CCCC(F)(F)CC1. The molecule has 1 saturated heterocycles. The van der Waals surface area contributed by atoms with Crippen molar-refractivity contribution in [3.8, 4) is 11.1 Å². The second-order valence-electron chi connectivity index (χ2n) is 8.66. The highest BCUT2D eigenvalue weighted by molar-refractivity contribution is 5.89. The van der Waals surface area contributed by atoms with E-state index < -0.39 is 42.8 Å². The molecule has 2 N–H and O–H groups in total. The highest BCUT2D eigenvalue weighted by atomic mass is 19.3. The lowest BCUT2D eigenvalue weighted by Crippen LogP contribution is -2.50. The summed E-state index contributed by atoms with van der Waals surface area (Å²) in [7, 11) is 0. The van der Waals surface area contributed by atoms with E-state index >= 15 is 0 Å². The van der Waals surface area contributed by atoms with Crippen LogP contribution in [0.25, 0.3) is 11.1 Å². The van der Waals surface area contributed by atoms with Crippen LogP contribution in [0.2, 0.25) is 0 Å². The number of alkyl halides is 2. The van der Waals surface area contributed by atoms with Crippen LogP contribution in [0.4, 0.5) is 13.6 Å². The number of carbonyl (C=O) groups is 3. The van der Waals surface area contributed by atoms with E-state index in [2.05, 4.69) is 5.32 Å². The number of benzene rings is 2. The van der Waals surface area contributed by atoms with Crippen molar-refractivity contribution in [2.45, 2.75) is 43.6 Å². The molecular formula is C25H26F2N2O5. The molecule has 2 aliphatic rings. The Labute approximate surface area is 195 Å². The number of ether oxygens (including phenoxy) is 1. The van der Waals surface area contributed by atoms with E-state index in [1.54, 1.807) is 0 Å². The molecule has 2 amide bonds. The van der Waals surface area contributed by atoms with Gasteiger partial charge in [-0.25, -0.2) is 13.6 Å². The van der Waals surface area contributed by atoms with Gasteiger partial charge in [0.05, 0.1) is 6.42 Å². The molecule has 180 valence electrons. The molecule has 1 heterocycles. The van der Waals surface area contributed by atoms with E-state index in [-0.39, 0.29) is 38.5 Å². The molecule has 0 spiro atoms. The first kappa shape index (κ1) is 23.7. The smallest absolute Gasteiger partial charge is 0.407 e. The molecule has 4 rings (SSSR count). The standard InChI is InChI=1S/C25H26F2N2O5/c26-25(27)10-5-12-29(13-11-25)23(32)21(14-22(30)31)28-24(33)34-15-20-18-8-3-1-6-16(18)17-7-2-4-9-19(17)20/h1-4,6-9,20-21H,5,10-15H2,(H,28,33)(H,30,31). The fraction of sp³-hybridized carbons (Fsp3) is 0.400. The lowest BCUT2D eigenvalue weighted by molar-refractivity contribution is -0.142. The highest BCUT2D eigenvalue weighted by Crippen LogP contribution is 2.44. The van der Waals surface area contributed by atoms with Crippen LogP contribution >= 0.6 is 0 Å². The van der Waals surface area contributed by atoms with E-state index in [1.165, 1.54) is 4.90 Å². The molecule has 1 aliphatic heterocycles. The first-order valence-corrected chi connectivity index (χ1v) is 11.2. The number of hydrogen-bond donors (Lipinski definition) is 2. The number of carboxylic acids is 1. The molecule has 2 aromatic carbocycles. The quantitative estimate of drug-likeness (QED) is 0.662. The maximum Gasteiger partial charge on any atom is 0.407 e. The average Bonchev–Trinajstić information content (AvgIpc) is 3.00. The van der Waals surface area contributed by atoms with Crippen molar-refractivity contribution in [1.82, 2.24) is 10.2 Å². The number of halogens is 2. The number of amides is 2. The van der Waals surface area contributed by atoms with Gasteiger partial charge in [-0.3, -0.25) is 9.59 Å². The van der Waals surface area contributed by atoms with Gasteiger partial charge in [0.1, 0.15) is 12.6 Å². The number of fused-ring (bicyclic) bond motifs is 3. The summed E-state index contributed by atoms with van der Waals surface area (Å²) in [6.07, 6.45) is -2.33. The first-order chi connectivity index (χ1) is 16.2. The molecule has 34 heavy (non-hydrogen) atoms. The molecule has 1 fully saturated rings. The van der Waals surface area contributed by atoms with Crippen LogP contribution in [-0.4, -0.2) is 59.6 Å². The van der Waals surface area contributed by atoms with Gasteiger partial charge >= 0.3 is 12.1 Å². The molecule has 0 bridgehead atoms. The van der Waals surface area contributed by atoms with Crippen molar-refractivity contribution in [2.75, 3.05) is 19.7 Å². The van der Waals surface area contributed by atoms with Crippen LogP contribution in [0, 0.1) is 0 Å². The van der Waals surface area contributed by atoms with Crippen LogP contribution in [0.3, 0.4) is 0 Å². The zero-order valence-corrected chi connectivity index (χ0v) is 18.5. The number of nitrogens with zero attached hydrogens (tertiary/aromatic N) is 1. The fourth-order valence-corrected chi connectivity index (χ4v) is 4.66. The minimum atomic E-state index is -2.86. The summed E-state index contributed by atoms with van der Waals surface area (Å²) in [4.78, 5) is 37.9. The summed E-state index contributed by atoms with van der Waals surface area (Å²) in [5.41, 5.74) is 4.15. The molecule has 1 unspecified atom stereocenters. The molecule has 1 atom stereocenters. The number of likely N-dealkylation sites (tertiary alicyclic amines) is 1. The van der Waals surface area contributed by atoms with Crippen LogP contribution in [0.1, 0.15) is 42.7 Å². The van der Waals surface area contributed by atoms with Crippen molar-refractivity contribution >= 4 is 18.0 Å². The molecule has 0 aromatic heterocycles. The van der Waals surface area contributed by atoms with Gasteiger partial charge in [-0.2, -0.15) is 0 Å². The molecule has 0 saturated carbocycles. The normalized spacial score (nSPS) is 17.8. The number of aliphatic carboxylic acids is 1. The van der Waals surface area contributed by atoms with Gasteiger partial charge in [-0.15, -0.1) is 0 Å². The lowest BCUT2D eigenvalue weighted by atomic mass is 9.98. The highest BCUT2D eigenvalue weighted by Gasteiger charge is 2.36. The molecule has 0 radical (unpaired) electrons. The van der Waals surface area contributed by atoms with E-state index in [4.69, 9.17) is 4.74 Å². The molecule has 7 nitrogen and oxygen atoms in total. The predicted molar refractivity (Wildman–Crippen MR) is 120 cm³/mol. The van der Waals surface area contributed by atoms with Crippen molar-refractivity contribution in [1.29, 1.82) is 0 Å². The van der Waals surface area contributed by atoms with Crippen molar-refractivity contribution < 1.29 is 33.0 Å². The average molecular weight is 472 g/mol. The summed E-state index contributed by atoms with van der Waals surface area (Å²) in [5.74, 6) is -5.05. The van der Waals surface area contributed by atoms with Gasteiger partial charge in [0.2, 0.25) is 11.8 Å². The summed E-state index contributed by atoms with van der Waals surface area (Å²) >= 11 is 0. The number of hydrogen-bond acceptors (Lipinski definition) is 4. The van der Waals surface area contributed by atoms with Crippen molar-refractivity contribution in [2.24, 2.45) is 0 Å². The second-order valence-corrected chi connectivity index (χ2v) is 8.66. The van der Waals surface area contributed by atoms with E-state index in [1.807, 2.05) is 48.5 Å². The maximum absolute atomic E-state index is 13.7. The minimum Gasteiger partial charge on any atom is -0.481 e. The Hall–Kier alpha value is -3.49. The number of nitrogens with one attached hydrogen (secondary N) is 1. The second kappa shape index (κ2) is 9.79. The van der Waals surface area contributed by atoms with Crippen LogP contribution in [0.5, 0.6) is 0 Å². The Balaban J connectivity index is 1.42. The third-order valence-electron chi connectivity index (χ3n) is 6.34. The predicted octanol–water partition coefficient (Wildman–Crippen LogP) is 4.02. The lowest BCUT2D eigenvalue weighted by Gasteiger charge is -2.26. The number of alkyl carbamates (subject to hydrolysis) is 1. The third kappa shape index (κ3) is 5.18. The Bertz CT molecular complexity index is 1040. The largest absolute Gasteiger partial charge is 0.481 e. The first-order valence-electron chi connectivity index (χ1n) is 11.2. The molecule has 9 heteroatoms. The Morgan fingerprint density at radius 3 is 2.26 bits per heavy atom. The Kier molecular flexibility index (Phi) is 6.81. The number of carboxylic acid groups (broad SMARTS) is 1. The summed E-state index contributed by atoms with van der Waals surface area (Å²) in [6, 6.07) is 14.2. The van der Waals surface area contributed by atoms with E-state index in [9.17, 15) is 28.3 Å². The van der Waals surface area contributed by atoms with Gasteiger partial charge in [-0.05, 0) is 28.7 Å². The number of carbonyl (C=O) groups excluding carboxylic acids is 2. The zero-order valence-electron chi connectivity index (χ0n) is 18.5. The Morgan fingerprint density at radius 1 is 1.03 bits per heavy atom. The summed E-state index contributed by atoms with van der Waals surface area (Å²) in [5, 5.41) is 11.6. The molecule has 1 aliphatic carbocycles. The van der Waals surface area contributed by atoms with E-state index in [0.717, 1.165) is 22.3 Å². The van der Waals surface area contributed by atoms with Crippen LogP contribution in [-0.2, 0) is 14.3 Å². The number of rotatable bonds is 6. The summed E-state index contributed by atoms with van der Waals surface area (Å²) < 4.78 is 32.7. The van der Waals surface area contributed by atoms with Gasteiger partial charge in [-0.1, -0.05) is 48.5 Å². The zero-order chi connectivity index (χ0) is 24.3. The van der Waals surface area contributed by atoms with Gasteiger partial charge in [0.25, 0.3) is 0 Å². The fourth-order valence-electron chi connectivity index (χ4n) is 4.66. The van der Waals surface area contributed by atoms with Gasteiger partial charge in [0, 0.05) is 31.8 Å². The maximum atomic E-state index is 13.7. The van der Waals surface area contributed by atoms with Crippen LogP contribution in [0.15, 0.2) is 48.5 Å². The molecular weight excluding hydrogens is 446 g/mol. The Morgan fingerprint density at radius 2 is 1.65 bits per heavy atom. The van der Waals surface area contributed by atoms with Crippen molar-refractivity contribution in [3.63, 3.8) is 0 Å². The third-order valence-corrected chi connectivity index (χ3v) is 6.34. The topological polar surface area (TPSA) is 95.9 Å². The monoisotopic (exact) mass is 472 g/mol. The van der Waals surface area contributed by atoms with Crippen LogP contribution < -0.4 is 5.32 Å².